The quantitative estimate of drug-likeness (QED) is 0.470. The molecule has 1 aromatic carbocycles. The van der Waals surface area contributed by atoms with Gasteiger partial charge < -0.3 is 10.4 Å². The summed E-state index contributed by atoms with van der Waals surface area (Å²) in [5, 5.41) is 11.1. The van der Waals surface area contributed by atoms with E-state index in [-0.39, 0.29) is 11.4 Å². The third-order valence-corrected chi connectivity index (χ3v) is 1.97. The van der Waals surface area contributed by atoms with Crippen LogP contribution in [0.2, 0.25) is 0 Å². The lowest BCUT2D eigenvalue weighted by molar-refractivity contribution is -0.115. The van der Waals surface area contributed by atoms with Crippen LogP contribution in [0.15, 0.2) is 18.2 Å². The zero-order valence-corrected chi connectivity index (χ0v) is 8.78. The van der Waals surface area contributed by atoms with Crippen molar-refractivity contribution in [1.29, 1.82) is 0 Å². The number of carbonyl (C=O) groups is 2. The minimum atomic E-state index is -0.704. The van der Waals surface area contributed by atoms with Crippen LogP contribution in [0.3, 0.4) is 0 Å². The summed E-state index contributed by atoms with van der Waals surface area (Å²) in [6.07, 6.45) is 0.624. The lowest BCUT2D eigenvalue weighted by atomic mass is 10.2. The third kappa shape index (κ3) is 2.95. The van der Waals surface area contributed by atoms with Crippen molar-refractivity contribution in [3.05, 3.63) is 23.8 Å². The molecule has 0 aliphatic heterocycles. The number of alkyl halides is 1. The molecule has 15 heavy (non-hydrogen) atoms. The van der Waals surface area contributed by atoms with Crippen LogP contribution < -0.4 is 5.32 Å². The first-order valence-corrected chi connectivity index (χ1v) is 4.71. The standard InChI is InChI=1S/C10H10ClNO3/c1-6(11)10(15)12-8-4-7(5-13)2-3-9(8)14/h2-6,14H,1H3,(H,12,15)/t6-/m0/s1. The van der Waals surface area contributed by atoms with Crippen LogP contribution in [-0.2, 0) is 4.79 Å². The number of phenols is 1. The molecule has 2 N–H and O–H groups in total. The maximum absolute atomic E-state index is 11.2. The number of anilines is 1. The van der Waals surface area contributed by atoms with Crippen LogP contribution in [0, 0.1) is 0 Å². The van der Waals surface area contributed by atoms with Gasteiger partial charge in [0.2, 0.25) is 5.91 Å². The van der Waals surface area contributed by atoms with E-state index < -0.39 is 11.3 Å². The second kappa shape index (κ2) is 4.79. The van der Waals surface area contributed by atoms with Gasteiger partial charge in [-0.3, -0.25) is 9.59 Å². The van der Waals surface area contributed by atoms with Crippen molar-refractivity contribution >= 4 is 29.5 Å². The molecule has 0 aliphatic carbocycles. The van der Waals surface area contributed by atoms with E-state index in [0.29, 0.717) is 11.8 Å². The Morgan fingerprint density at radius 2 is 2.27 bits per heavy atom. The van der Waals surface area contributed by atoms with Gasteiger partial charge in [-0.2, -0.15) is 0 Å². The maximum atomic E-state index is 11.2. The molecule has 4 nitrogen and oxygen atoms in total. The van der Waals surface area contributed by atoms with Gasteiger partial charge in [0.05, 0.1) is 5.69 Å². The second-order valence-corrected chi connectivity index (χ2v) is 3.65. The van der Waals surface area contributed by atoms with E-state index in [0.717, 1.165) is 0 Å². The van der Waals surface area contributed by atoms with Crippen molar-refractivity contribution in [1.82, 2.24) is 0 Å². The molecule has 0 unspecified atom stereocenters. The molecule has 1 rings (SSSR count). The van der Waals surface area contributed by atoms with Crippen LogP contribution in [-0.4, -0.2) is 22.7 Å². The van der Waals surface area contributed by atoms with E-state index >= 15 is 0 Å². The Hall–Kier alpha value is -1.55. The summed E-state index contributed by atoms with van der Waals surface area (Å²) in [5.74, 6) is -0.540. The Morgan fingerprint density at radius 3 is 2.80 bits per heavy atom. The van der Waals surface area contributed by atoms with Crippen LogP contribution in [0.25, 0.3) is 0 Å². The van der Waals surface area contributed by atoms with Crippen molar-refractivity contribution in [2.24, 2.45) is 0 Å². The smallest absolute Gasteiger partial charge is 0.242 e. The fourth-order valence-electron chi connectivity index (χ4n) is 0.959. The number of hydrogen-bond donors (Lipinski definition) is 2. The van der Waals surface area contributed by atoms with Crippen LogP contribution in [0.1, 0.15) is 17.3 Å². The first-order valence-electron chi connectivity index (χ1n) is 4.27. The van der Waals surface area contributed by atoms with E-state index in [9.17, 15) is 14.7 Å². The van der Waals surface area contributed by atoms with Gasteiger partial charge in [0.15, 0.2) is 0 Å². The van der Waals surface area contributed by atoms with Crippen molar-refractivity contribution in [3.8, 4) is 5.75 Å². The lowest BCUT2D eigenvalue weighted by Crippen LogP contribution is -2.20. The molecule has 1 atom stereocenters. The Bertz CT molecular complexity index is 390. The molecule has 0 saturated heterocycles. The highest BCUT2D eigenvalue weighted by atomic mass is 35.5. The predicted octanol–water partition coefficient (Wildman–Crippen LogP) is 1.77. The van der Waals surface area contributed by atoms with E-state index in [2.05, 4.69) is 5.32 Å². The molecule has 0 aliphatic rings. The van der Waals surface area contributed by atoms with Gasteiger partial charge in [-0.05, 0) is 25.1 Å². The highest BCUT2D eigenvalue weighted by molar-refractivity contribution is 6.32. The topological polar surface area (TPSA) is 66.4 Å². The minimum absolute atomic E-state index is 0.105. The summed E-state index contributed by atoms with van der Waals surface area (Å²) in [4.78, 5) is 21.7. The number of aromatic hydroxyl groups is 1. The molecule has 0 bridgehead atoms. The van der Waals surface area contributed by atoms with E-state index in [1.165, 1.54) is 25.1 Å². The number of phenolic OH excluding ortho intramolecular Hbond substituents is 1. The Balaban J connectivity index is 2.93. The van der Waals surface area contributed by atoms with E-state index in [4.69, 9.17) is 11.6 Å². The Labute approximate surface area is 91.9 Å². The van der Waals surface area contributed by atoms with E-state index in [1.807, 2.05) is 0 Å². The van der Waals surface area contributed by atoms with Crippen LogP contribution >= 0.6 is 11.6 Å². The molecule has 0 heterocycles. The summed E-state index contributed by atoms with van der Waals surface area (Å²) in [5.41, 5.74) is 0.544. The number of halogens is 1. The number of carbonyl (C=O) groups excluding carboxylic acids is 2. The SMILES string of the molecule is C[C@H](Cl)C(=O)Nc1cc(C=O)ccc1O. The van der Waals surface area contributed by atoms with Crippen LogP contribution in [0.4, 0.5) is 5.69 Å². The highest BCUT2D eigenvalue weighted by Gasteiger charge is 2.11. The predicted molar refractivity (Wildman–Crippen MR) is 57.4 cm³/mol. The zero-order valence-electron chi connectivity index (χ0n) is 8.03. The number of benzene rings is 1. The third-order valence-electron chi connectivity index (χ3n) is 1.78. The summed E-state index contributed by atoms with van der Waals surface area (Å²) in [6, 6.07) is 4.15. The van der Waals surface area contributed by atoms with Gasteiger partial charge >= 0.3 is 0 Å². The largest absolute Gasteiger partial charge is 0.506 e. The van der Waals surface area contributed by atoms with Crippen molar-refractivity contribution in [2.75, 3.05) is 5.32 Å². The second-order valence-electron chi connectivity index (χ2n) is 3.00. The summed E-state index contributed by atoms with van der Waals surface area (Å²) < 4.78 is 0. The molecular formula is C10H10ClNO3. The van der Waals surface area contributed by atoms with Gasteiger partial charge in [-0.1, -0.05) is 0 Å². The normalized spacial score (nSPS) is 11.9. The van der Waals surface area contributed by atoms with Gasteiger partial charge in [0, 0.05) is 5.56 Å². The molecule has 1 aromatic rings. The molecule has 0 radical (unpaired) electrons. The molecular weight excluding hydrogens is 218 g/mol. The molecule has 0 saturated carbocycles. The van der Waals surface area contributed by atoms with Gasteiger partial charge in [-0.25, -0.2) is 0 Å². The summed E-state index contributed by atoms with van der Waals surface area (Å²) >= 11 is 5.54. The van der Waals surface area contributed by atoms with Gasteiger partial charge in [-0.15, -0.1) is 11.6 Å². The summed E-state index contributed by atoms with van der Waals surface area (Å²) in [7, 11) is 0. The monoisotopic (exact) mass is 227 g/mol. The fourth-order valence-corrected chi connectivity index (χ4v) is 1.01. The number of nitrogens with one attached hydrogen (secondary N) is 1. The van der Waals surface area contributed by atoms with Gasteiger partial charge in [0.25, 0.3) is 0 Å². The average Bonchev–Trinajstić information content (AvgIpc) is 2.21. The first-order chi connectivity index (χ1) is 7.04. The molecule has 1 amide bonds. The summed E-state index contributed by atoms with van der Waals surface area (Å²) in [6.45, 7) is 1.51. The van der Waals surface area contributed by atoms with Gasteiger partial charge in [0.1, 0.15) is 17.4 Å². The van der Waals surface area contributed by atoms with Crippen molar-refractivity contribution < 1.29 is 14.7 Å². The van der Waals surface area contributed by atoms with Crippen LogP contribution in [0.5, 0.6) is 5.75 Å². The van der Waals surface area contributed by atoms with Crippen molar-refractivity contribution in [2.45, 2.75) is 12.3 Å². The maximum Gasteiger partial charge on any atom is 0.242 e. The lowest BCUT2D eigenvalue weighted by Gasteiger charge is -2.08. The molecule has 0 spiro atoms. The highest BCUT2D eigenvalue weighted by Crippen LogP contribution is 2.23. The molecule has 80 valence electrons. The molecule has 0 fully saturated rings. The average molecular weight is 228 g/mol. The number of amides is 1. The number of hydrogen-bond acceptors (Lipinski definition) is 3. The fraction of sp³-hybridized carbons (Fsp3) is 0.200. The molecule has 0 aromatic heterocycles. The zero-order chi connectivity index (χ0) is 11.4. The van der Waals surface area contributed by atoms with E-state index in [1.54, 1.807) is 0 Å². The molecule has 5 heteroatoms. The first kappa shape index (κ1) is 11.5. The number of aldehydes is 1. The Morgan fingerprint density at radius 1 is 1.60 bits per heavy atom. The Kier molecular flexibility index (Phi) is 3.68. The number of rotatable bonds is 3. The van der Waals surface area contributed by atoms with Crippen molar-refractivity contribution in [3.63, 3.8) is 0 Å². The minimum Gasteiger partial charge on any atom is -0.506 e.